The summed E-state index contributed by atoms with van der Waals surface area (Å²) >= 11 is -0.0751. The summed E-state index contributed by atoms with van der Waals surface area (Å²) < 4.78 is 38.3. The summed E-state index contributed by atoms with van der Waals surface area (Å²) in [7, 11) is 0. The van der Waals surface area contributed by atoms with Crippen molar-refractivity contribution < 1.29 is 23.1 Å². The van der Waals surface area contributed by atoms with Gasteiger partial charge in [-0.05, 0) is 30.0 Å². The summed E-state index contributed by atoms with van der Waals surface area (Å²) in [6, 6.07) is 4.45. The van der Waals surface area contributed by atoms with Gasteiger partial charge < -0.3 is 9.67 Å². The maximum atomic E-state index is 12.2. The molecular formula is C13H13F3N2O2S. The third kappa shape index (κ3) is 3.69. The van der Waals surface area contributed by atoms with Crippen LogP contribution in [0.5, 0.6) is 0 Å². The first-order valence-corrected chi connectivity index (χ1v) is 7.23. The highest BCUT2D eigenvalue weighted by atomic mass is 32.2. The summed E-state index contributed by atoms with van der Waals surface area (Å²) in [4.78, 5) is 15.2. The lowest BCUT2D eigenvalue weighted by Gasteiger charge is -2.09. The summed E-state index contributed by atoms with van der Waals surface area (Å²) in [5.74, 6) is -0.518. The molecule has 0 aliphatic heterocycles. The summed E-state index contributed by atoms with van der Waals surface area (Å²) in [6.07, 6.45) is 0.563. The highest BCUT2D eigenvalue weighted by Crippen LogP contribution is 2.30. The lowest BCUT2D eigenvalue weighted by Crippen LogP contribution is -2.09. The summed E-state index contributed by atoms with van der Waals surface area (Å²) in [6.45, 7) is 2.03. The lowest BCUT2D eigenvalue weighted by atomic mass is 10.2. The van der Waals surface area contributed by atoms with Gasteiger partial charge in [0.25, 0.3) is 0 Å². The number of aromatic nitrogens is 2. The molecule has 0 amide bonds. The number of benzene rings is 1. The smallest absolute Gasteiger partial charge is 0.441 e. The Morgan fingerprint density at radius 2 is 2.14 bits per heavy atom. The van der Waals surface area contributed by atoms with Crippen molar-refractivity contribution in [3.8, 4) is 0 Å². The number of hydrogen-bond donors (Lipinski definition) is 1. The number of alkyl halides is 3. The van der Waals surface area contributed by atoms with E-state index < -0.39 is 11.5 Å². The molecule has 21 heavy (non-hydrogen) atoms. The highest BCUT2D eigenvalue weighted by molar-refractivity contribution is 8.00. The Labute approximate surface area is 123 Å². The molecule has 0 unspecified atom stereocenters. The Balaban J connectivity index is 2.31. The van der Waals surface area contributed by atoms with Gasteiger partial charge in [-0.1, -0.05) is 6.92 Å². The molecule has 0 bridgehead atoms. The van der Waals surface area contributed by atoms with Crippen molar-refractivity contribution in [2.75, 3.05) is 5.75 Å². The maximum Gasteiger partial charge on any atom is 0.441 e. The second-order valence-electron chi connectivity index (χ2n) is 4.34. The SMILES string of the molecule is CCc1nc2cc(C(=O)O)ccc2n1CCSC(F)(F)F. The number of halogens is 3. The normalized spacial score (nSPS) is 12.0. The number of aryl methyl sites for hydroxylation is 2. The number of aromatic carboxylic acids is 1. The number of imidazole rings is 1. The van der Waals surface area contributed by atoms with Crippen LogP contribution in [0.1, 0.15) is 23.1 Å². The fraction of sp³-hybridized carbons (Fsp3) is 0.385. The Kier molecular flexibility index (Phi) is 4.46. The van der Waals surface area contributed by atoms with Gasteiger partial charge in [0.05, 0.1) is 16.6 Å². The van der Waals surface area contributed by atoms with Gasteiger partial charge in [0, 0.05) is 18.7 Å². The zero-order valence-electron chi connectivity index (χ0n) is 11.1. The zero-order valence-corrected chi connectivity index (χ0v) is 12.0. The van der Waals surface area contributed by atoms with Crippen LogP contribution in [-0.4, -0.2) is 31.9 Å². The van der Waals surface area contributed by atoms with E-state index in [1.54, 1.807) is 10.6 Å². The van der Waals surface area contributed by atoms with Crippen LogP contribution in [0.3, 0.4) is 0 Å². The standard InChI is InChI=1S/C13H13F3N2O2S/c1-2-11-17-9-7-8(12(19)20)3-4-10(9)18(11)5-6-21-13(14,15)16/h3-4,7H,2,5-6H2,1H3,(H,19,20). The molecule has 0 spiro atoms. The molecule has 0 saturated heterocycles. The first-order chi connectivity index (χ1) is 9.81. The van der Waals surface area contributed by atoms with Gasteiger partial charge in [0.2, 0.25) is 0 Å². The third-order valence-corrected chi connectivity index (χ3v) is 3.69. The molecule has 4 nitrogen and oxygen atoms in total. The summed E-state index contributed by atoms with van der Waals surface area (Å²) in [5.41, 5.74) is -3.00. The quantitative estimate of drug-likeness (QED) is 0.916. The van der Waals surface area contributed by atoms with Crippen LogP contribution < -0.4 is 0 Å². The molecule has 1 aromatic carbocycles. The number of carboxylic acids is 1. The lowest BCUT2D eigenvalue weighted by molar-refractivity contribution is -0.0328. The van der Waals surface area contributed by atoms with E-state index in [9.17, 15) is 18.0 Å². The van der Waals surface area contributed by atoms with Crippen LogP contribution in [0.4, 0.5) is 13.2 Å². The van der Waals surface area contributed by atoms with Gasteiger partial charge in [0.15, 0.2) is 0 Å². The Bertz CT molecular complexity index is 667. The fourth-order valence-electron chi connectivity index (χ4n) is 2.08. The van der Waals surface area contributed by atoms with Crippen LogP contribution in [0, 0.1) is 0 Å². The average molecular weight is 318 g/mol. The number of carboxylic acid groups (broad SMARTS) is 1. The van der Waals surface area contributed by atoms with Crippen molar-refractivity contribution in [3.63, 3.8) is 0 Å². The minimum atomic E-state index is -4.25. The van der Waals surface area contributed by atoms with Gasteiger partial charge in [-0.2, -0.15) is 13.2 Å². The van der Waals surface area contributed by atoms with E-state index in [-0.39, 0.29) is 29.6 Å². The Hall–Kier alpha value is -1.70. The molecule has 8 heteroatoms. The molecule has 1 N–H and O–H groups in total. The number of thioether (sulfide) groups is 1. The van der Waals surface area contributed by atoms with Crippen molar-refractivity contribution in [1.29, 1.82) is 0 Å². The predicted molar refractivity (Wildman–Crippen MR) is 74.6 cm³/mol. The average Bonchev–Trinajstić information content (AvgIpc) is 2.74. The van der Waals surface area contributed by atoms with Crippen LogP contribution >= 0.6 is 11.8 Å². The van der Waals surface area contributed by atoms with Crippen LogP contribution in [-0.2, 0) is 13.0 Å². The van der Waals surface area contributed by atoms with Crippen LogP contribution in [0.25, 0.3) is 11.0 Å². The minimum absolute atomic E-state index is 0.0751. The molecule has 0 aliphatic rings. The van der Waals surface area contributed by atoms with Gasteiger partial charge >= 0.3 is 11.5 Å². The van der Waals surface area contributed by atoms with Crippen molar-refractivity contribution >= 4 is 28.8 Å². The molecule has 0 fully saturated rings. The van der Waals surface area contributed by atoms with Gasteiger partial charge in [-0.25, -0.2) is 9.78 Å². The van der Waals surface area contributed by atoms with Crippen molar-refractivity contribution in [3.05, 3.63) is 29.6 Å². The summed E-state index contributed by atoms with van der Waals surface area (Å²) in [5, 5.41) is 8.95. The molecule has 1 heterocycles. The topological polar surface area (TPSA) is 55.1 Å². The van der Waals surface area contributed by atoms with Crippen molar-refractivity contribution in [1.82, 2.24) is 9.55 Å². The molecule has 0 saturated carbocycles. The Morgan fingerprint density at radius 1 is 1.43 bits per heavy atom. The van der Waals surface area contributed by atoms with Crippen LogP contribution in [0.15, 0.2) is 18.2 Å². The molecule has 1 aromatic heterocycles. The van der Waals surface area contributed by atoms with E-state index in [2.05, 4.69) is 4.98 Å². The predicted octanol–water partition coefficient (Wildman–Crippen LogP) is 3.55. The Morgan fingerprint density at radius 3 is 2.71 bits per heavy atom. The zero-order chi connectivity index (χ0) is 15.6. The first-order valence-electron chi connectivity index (χ1n) is 6.25. The van der Waals surface area contributed by atoms with Gasteiger partial charge in [-0.15, -0.1) is 0 Å². The molecule has 0 atom stereocenters. The molecule has 0 aliphatic carbocycles. The van der Waals surface area contributed by atoms with E-state index in [1.165, 1.54) is 12.1 Å². The maximum absolute atomic E-state index is 12.2. The van der Waals surface area contributed by atoms with Gasteiger partial charge in [-0.3, -0.25) is 0 Å². The first kappa shape index (κ1) is 15.7. The second-order valence-corrected chi connectivity index (χ2v) is 5.50. The highest BCUT2D eigenvalue weighted by Gasteiger charge is 2.27. The number of fused-ring (bicyclic) bond motifs is 1. The van der Waals surface area contributed by atoms with Crippen molar-refractivity contribution in [2.24, 2.45) is 0 Å². The van der Waals surface area contributed by atoms with Crippen molar-refractivity contribution in [2.45, 2.75) is 25.4 Å². The molecular weight excluding hydrogens is 305 g/mol. The largest absolute Gasteiger partial charge is 0.478 e. The van der Waals surface area contributed by atoms with E-state index in [0.29, 0.717) is 23.3 Å². The van der Waals surface area contributed by atoms with Gasteiger partial charge in [0.1, 0.15) is 5.82 Å². The van der Waals surface area contributed by atoms with E-state index in [1.807, 2.05) is 6.92 Å². The third-order valence-electron chi connectivity index (χ3n) is 2.97. The molecule has 0 radical (unpaired) electrons. The van der Waals surface area contributed by atoms with Crippen LogP contribution in [0.2, 0.25) is 0 Å². The van der Waals surface area contributed by atoms with E-state index >= 15 is 0 Å². The number of carbonyl (C=O) groups is 1. The second kappa shape index (κ2) is 5.97. The number of nitrogens with zero attached hydrogens (tertiary/aromatic N) is 2. The van der Waals surface area contributed by atoms with E-state index in [4.69, 9.17) is 5.11 Å². The monoisotopic (exact) mass is 318 g/mol. The van der Waals surface area contributed by atoms with E-state index in [0.717, 1.165) is 0 Å². The fourth-order valence-corrected chi connectivity index (χ4v) is 2.59. The molecule has 2 rings (SSSR count). The number of rotatable bonds is 5. The molecule has 2 aromatic rings. The molecule has 114 valence electrons. The minimum Gasteiger partial charge on any atom is -0.478 e. The number of hydrogen-bond acceptors (Lipinski definition) is 3.